The van der Waals surface area contributed by atoms with E-state index in [0.29, 0.717) is 13.0 Å². The summed E-state index contributed by atoms with van der Waals surface area (Å²) in [5, 5.41) is 3.83. The minimum atomic E-state index is -0.416. The van der Waals surface area contributed by atoms with Gasteiger partial charge in [0, 0.05) is 6.42 Å². The second-order valence-electron chi connectivity index (χ2n) is 2.13. The highest BCUT2D eigenvalue weighted by atomic mass is 19.1. The van der Waals surface area contributed by atoms with Crippen molar-refractivity contribution in [2.45, 2.75) is 13.0 Å². The van der Waals surface area contributed by atoms with Crippen LogP contribution in [0.3, 0.4) is 0 Å². The summed E-state index contributed by atoms with van der Waals surface area (Å²) in [5.41, 5.74) is 5.31. The van der Waals surface area contributed by atoms with E-state index in [1.165, 1.54) is 11.0 Å². The Morgan fingerprint density at radius 1 is 1.64 bits per heavy atom. The Morgan fingerprint density at radius 2 is 2.45 bits per heavy atom. The lowest BCUT2D eigenvalue weighted by molar-refractivity contribution is 0.419. The summed E-state index contributed by atoms with van der Waals surface area (Å²) < 4.78 is 13.4. The average Bonchev–Trinajstić information content (AvgIpc) is 2.39. The topological polar surface area (TPSA) is 56.7 Å². The van der Waals surface area contributed by atoms with Crippen molar-refractivity contribution in [1.29, 1.82) is 0 Å². The lowest BCUT2D eigenvalue weighted by atomic mass is 10.4. The van der Waals surface area contributed by atoms with E-state index in [-0.39, 0.29) is 6.54 Å². The third-order valence-corrected chi connectivity index (χ3v) is 1.36. The van der Waals surface area contributed by atoms with Crippen LogP contribution in [-0.4, -0.2) is 28.0 Å². The smallest absolute Gasteiger partial charge is 0.138 e. The number of rotatable bonds is 4. The zero-order valence-corrected chi connectivity index (χ0v) is 6.20. The maximum Gasteiger partial charge on any atom is 0.138 e. The van der Waals surface area contributed by atoms with Gasteiger partial charge < -0.3 is 5.73 Å². The number of halogens is 1. The Balaban J connectivity index is 2.62. The van der Waals surface area contributed by atoms with E-state index in [1.54, 1.807) is 0 Å². The van der Waals surface area contributed by atoms with Crippen molar-refractivity contribution in [1.82, 2.24) is 14.8 Å². The van der Waals surface area contributed by atoms with Crippen molar-refractivity contribution in [3.05, 3.63) is 12.2 Å². The summed E-state index contributed by atoms with van der Waals surface area (Å²) in [5.74, 6) is 0.755. The molecule has 0 aliphatic heterocycles. The molecule has 0 aromatic carbocycles. The molecule has 0 spiro atoms. The van der Waals surface area contributed by atoms with Crippen LogP contribution < -0.4 is 5.73 Å². The number of hydrogen-bond acceptors (Lipinski definition) is 3. The third kappa shape index (κ3) is 1.98. The Bertz CT molecular complexity index is 190. The van der Waals surface area contributed by atoms with Gasteiger partial charge in [0.25, 0.3) is 0 Å². The molecule has 4 nitrogen and oxygen atoms in total. The lowest BCUT2D eigenvalue weighted by Crippen LogP contribution is -2.12. The minimum absolute atomic E-state index is 0.273. The van der Waals surface area contributed by atoms with Gasteiger partial charge in [0.15, 0.2) is 0 Å². The molecule has 0 amide bonds. The van der Waals surface area contributed by atoms with Gasteiger partial charge in [-0.3, -0.25) is 0 Å². The van der Waals surface area contributed by atoms with Crippen molar-refractivity contribution in [2.75, 3.05) is 13.2 Å². The van der Waals surface area contributed by atoms with E-state index in [1.807, 2.05) is 0 Å². The van der Waals surface area contributed by atoms with Crippen molar-refractivity contribution >= 4 is 0 Å². The number of nitrogens with two attached hydrogens (primary N) is 1. The van der Waals surface area contributed by atoms with Crippen LogP contribution in [0, 0.1) is 0 Å². The molecule has 1 aromatic heterocycles. The fourth-order valence-electron chi connectivity index (χ4n) is 0.878. The average molecular weight is 158 g/mol. The molecule has 0 aliphatic rings. The number of aryl methyl sites for hydroxylation is 1. The Kier molecular flexibility index (Phi) is 2.97. The van der Waals surface area contributed by atoms with E-state index in [2.05, 4.69) is 10.1 Å². The standard InChI is InChI=1S/C6H11FN4/c7-2-4-11-6(1-3-8)9-5-10-11/h5H,1-4,8H2. The van der Waals surface area contributed by atoms with Crippen LogP contribution in [0.4, 0.5) is 4.39 Å². The number of aromatic nitrogens is 3. The van der Waals surface area contributed by atoms with Gasteiger partial charge >= 0.3 is 0 Å². The van der Waals surface area contributed by atoms with Crippen LogP contribution in [-0.2, 0) is 13.0 Å². The van der Waals surface area contributed by atoms with Crippen molar-refractivity contribution in [3.63, 3.8) is 0 Å². The maximum atomic E-state index is 11.9. The molecular formula is C6H11FN4. The quantitative estimate of drug-likeness (QED) is 0.657. The molecule has 0 aliphatic carbocycles. The fourth-order valence-corrected chi connectivity index (χ4v) is 0.878. The van der Waals surface area contributed by atoms with Gasteiger partial charge in [-0.1, -0.05) is 0 Å². The van der Waals surface area contributed by atoms with Crippen molar-refractivity contribution < 1.29 is 4.39 Å². The molecule has 0 saturated carbocycles. The molecule has 1 aromatic rings. The van der Waals surface area contributed by atoms with E-state index < -0.39 is 6.67 Å². The first-order valence-electron chi connectivity index (χ1n) is 3.51. The molecule has 5 heteroatoms. The highest BCUT2D eigenvalue weighted by molar-refractivity contribution is 4.84. The highest BCUT2D eigenvalue weighted by Gasteiger charge is 2.01. The Labute approximate surface area is 64.2 Å². The Hall–Kier alpha value is -0.970. The number of hydrogen-bond donors (Lipinski definition) is 1. The highest BCUT2D eigenvalue weighted by Crippen LogP contribution is 1.93. The van der Waals surface area contributed by atoms with Gasteiger partial charge in [0.05, 0.1) is 6.54 Å². The summed E-state index contributed by atoms with van der Waals surface area (Å²) >= 11 is 0. The summed E-state index contributed by atoms with van der Waals surface area (Å²) in [6.45, 7) is 0.376. The molecule has 0 radical (unpaired) electrons. The molecule has 0 bridgehead atoms. The zero-order valence-electron chi connectivity index (χ0n) is 6.20. The number of nitrogens with zero attached hydrogens (tertiary/aromatic N) is 3. The summed E-state index contributed by atoms with van der Waals surface area (Å²) in [7, 11) is 0. The Morgan fingerprint density at radius 3 is 3.09 bits per heavy atom. The molecule has 0 saturated heterocycles. The molecular weight excluding hydrogens is 147 g/mol. The predicted octanol–water partition coefficient (Wildman–Crippen LogP) is -0.251. The van der Waals surface area contributed by atoms with Gasteiger partial charge in [0.2, 0.25) is 0 Å². The molecule has 11 heavy (non-hydrogen) atoms. The van der Waals surface area contributed by atoms with Crippen LogP contribution in [0.1, 0.15) is 5.82 Å². The molecule has 2 N–H and O–H groups in total. The van der Waals surface area contributed by atoms with Crippen LogP contribution >= 0.6 is 0 Å². The van der Waals surface area contributed by atoms with Gasteiger partial charge in [0.1, 0.15) is 18.8 Å². The van der Waals surface area contributed by atoms with Crippen LogP contribution in [0.15, 0.2) is 6.33 Å². The first kappa shape index (κ1) is 8.13. The first-order valence-corrected chi connectivity index (χ1v) is 3.51. The fraction of sp³-hybridized carbons (Fsp3) is 0.667. The summed E-state index contributed by atoms with van der Waals surface area (Å²) in [6, 6.07) is 0. The largest absolute Gasteiger partial charge is 0.330 e. The van der Waals surface area contributed by atoms with E-state index >= 15 is 0 Å². The van der Waals surface area contributed by atoms with Gasteiger partial charge in [-0.15, -0.1) is 0 Å². The molecule has 1 heterocycles. The lowest BCUT2D eigenvalue weighted by Gasteiger charge is -2.00. The first-order chi connectivity index (χ1) is 5.38. The SMILES string of the molecule is NCCc1ncnn1CCF. The molecule has 1 rings (SSSR count). The molecule has 0 atom stereocenters. The summed E-state index contributed by atoms with van der Waals surface area (Å²) in [6.07, 6.45) is 2.07. The molecule has 0 fully saturated rings. The third-order valence-electron chi connectivity index (χ3n) is 1.36. The second kappa shape index (κ2) is 4.02. The monoisotopic (exact) mass is 158 g/mol. The van der Waals surface area contributed by atoms with Crippen LogP contribution in [0.25, 0.3) is 0 Å². The predicted molar refractivity (Wildman–Crippen MR) is 38.8 cm³/mol. The maximum absolute atomic E-state index is 11.9. The van der Waals surface area contributed by atoms with Gasteiger partial charge in [-0.25, -0.2) is 14.1 Å². The minimum Gasteiger partial charge on any atom is -0.330 e. The van der Waals surface area contributed by atoms with Gasteiger partial charge in [-0.2, -0.15) is 5.10 Å². The number of alkyl halides is 1. The van der Waals surface area contributed by atoms with Crippen molar-refractivity contribution in [3.8, 4) is 0 Å². The second-order valence-corrected chi connectivity index (χ2v) is 2.13. The van der Waals surface area contributed by atoms with E-state index in [0.717, 1.165) is 5.82 Å². The van der Waals surface area contributed by atoms with Gasteiger partial charge in [-0.05, 0) is 6.54 Å². The molecule has 62 valence electrons. The normalized spacial score (nSPS) is 10.4. The van der Waals surface area contributed by atoms with E-state index in [9.17, 15) is 4.39 Å². The zero-order chi connectivity index (χ0) is 8.10. The molecule has 0 unspecified atom stereocenters. The van der Waals surface area contributed by atoms with Crippen LogP contribution in [0.2, 0.25) is 0 Å². The van der Waals surface area contributed by atoms with E-state index in [4.69, 9.17) is 5.73 Å². The van der Waals surface area contributed by atoms with Crippen LogP contribution in [0.5, 0.6) is 0 Å². The van der Waals surface area contributed by atoms with Crippen molar-refractivity contribution in [2.24, 2.45) is 5.73 Å². The summed E-state index contributed by atoms with van der Waals surface area (Å²) in [4.78, 5) is 3.93.